The second kappa shape index (κ2) is 10.1. The Hall–Kier alpha value is -1.89. The zero-order valence-corrected chi connectivity index (χ0v) is 14.3. The number of rotatable bonds is 2. The summed E-state index contributed by atoms with van der Waals surface area (Å²) in [4.78, 5) is 6.56. The summed E-state index contributed by atoms with van der Waals surface area (Å²) in [5.74, 6) is 0. The molecule has 0 amide bonds. The SMILES string of the molecule is CC(C)O.c1ccc(N2CCOB(c3ccccn3)OCC2)cc1. The summed E-state index contributed by atoms with van der Waals surface area (Å²) in [5.41, 5.74) is 2.04. The first-order valence-electron chi connectivity index (χ1n) is 8.29. The topological polar surface area (TPSA) is 54.8 Å². The fraction of sp³-hybridized carbons (Fsp3) is 0.389. The molecule has 1 aliphatic heterocycles. The number of nitrogens with zero attached hydrogens (tertiary/aromatic N) is 2. The second-order valence-corrected chi connectivity index (χ2v) is 5.74. The molecular formula is C18H25BN2O3. The monoisotopic (exact) mass is 328 g/mol. The highest BCUT2D eigenvalue weighted by Crippen LogP contribution is 2.13. The molecule has 2 aromatic rings. The van der Waals surface area contributed by atoms with Crippen molar-refractivity contribution in [3.8, 4) is 0 Å². The van der Waals surface area contributed by atoms with E-state index in [0.29, 0.717) is 13.2 Å². The van der Waals surface area contributed by atoms with Crippen LogP contribution in [-0.4, -0.2) is 49.6 Å². The zero-order chi connectivity index (χ0) is 17.2. The summed E-state index contributed by atoms with van der Waals surface area (Å²) in [7, 11) is -0.353. The molecule has 5 nitrogen and oxygen atoms in total. The standard InChI is InChI=1S/C15H17BN2O2.C3H8O/c1-2-6-14(7-3-1)18-10-12-19-16(20-13-11-18)15-8-4-5-9-17-15;1-3(2)4/h1-9H,10-13H2;3-4H,1-2H3. The van der Waals surface area contributed by atoms with E-state index in [1.807, 2.05) is 36.4 Å². The lowest BCUT2D eigenvalue weighted by molar-refractivity contribution is 0.197. The molecule has 0 atom stereocenters. The zero-order valence-electron chi connectivity index (χ0n) is 14.3. The van der Waals surface area contributed by atoms with E-state index in [1.165, 1.54) is 5.69 Å². The van der Waals surface area contributed by atoms with Crippen LogP contribution in [-0.2, 0) is 9.31 Å². The molecule has 6 heteroatoms. The van der Waals surface area contributed by atoms with Crippen molar-refractivity contribution in [1.29, 1.82) is 0 Å². The average Bonchev–Trinajstić information content (AvgIpc) is 2.56. The van der Waals surface area contributed by atoms with Gasteiger partial charge in [0.15, 0.2) is 0 Å². The van der Waals surface area contributed by atoms with Crippen molar-refractivity contribution in [2.45, 2.75) is 20.0 Å². The number of aliphatic hydroxyl groups is 1. The van der Waals surface area contributed by atoms with Crippen LogP contribution in [0.2, 0.25) is 0 Å². The first kappa shape index (κ1) is 18.5. The van der Waals surface area contributed by atoms with Gasteiger partial charge < -0.3 is 19.3 Å². The summed E-state index contributed by atoms with van der Waals surface area (Å²) in [6.45, 7) is 6.40. The summed E-state index contributed by atoms with van der Waals surface area (Å²) in [6.07, 6.45) is 1.59. The summed E-state index contributed by atoms with van der Waals surface area (Å²) in [6, 6.07) is 16.1. The number of pyridine rings is 1. The maximum atomic E-state index is 8.06. The van der Waals surface area contributed by atoms with E-state index >= 15 is 0 Å². The van der Waals surface area contributed by atoms with Crippen LogP contribution >= 0.6 is 0 Å². The normalized spacial score (nSPS) is 15.3. The first-order valence-corrected chi connectivity index (χ1v) is 8.29. The molecule has 0 radical (unpaired) electrons. The highest BCUT2D eigenvalue weighted by molar-refractivity contribution is 6.60. The Balaban J connectivity index is 0.000000471. The van der Waals surface area contributed by atoms with Gasteiger partial charge in [-0.3, -0.25) is 4.98 Å². The van der Waals surface area contributed by atoms with Gasteiger partial charge in [0.25, 0.3) is 0 Å². The van der Waals surface area contributed by atoms with E-state index in [0.717, 1.165) is 18.7 Å². The summed E-state index contributed by atoms with van der Waals surface area (Å²) < 4.78 is 11.6. The van der Waals surface area contributed by atoms with Crippen molar-refractivity contribution in [3.63, 3.8) is 0 Å². The minimum absolute atomic E-state index is 0.167. The molecule has 0 spiro atoms. The summed E-state index contributed by atoms with van der Waals surface area (Å²) >= 11 is 0. The van der Waals surface area contributed by atoms with Crippen LogP contribution in [0.3, 0.4) is 0 Å². The maximum absolute atomic E-state index is 8.06. The third-order valence-corrected chi connectivity index (χ3v) is 3.31. The molecule has 1 aromatic carbocycles. The predicted molar refractivity (Wildman–Crippen MR) is 97.5 cm³/mol. The second-order valence-electron chi connectivity index (χ2n) is 5.74. The first-order chi connectivity index (χ1) is 11.7. The molecule has 0 unspecified atom stereocenters. The third-order valence-electron chi connectivity index (χ3n) is 3.31. The van der Waals surface area contributed by atoms with Crippen LogP contribution < -0.4 is 10.5 Å². The molecule has 1 N–H and O–H groups in total. The predicted octanol–water partition coefficient (Wildman–Crippen LogP) is 1.72. The van der Waals surface area contributed by atoms with Crippen LogP contribution in [0, 0.1) is 0 Å². The minimum Gasteiger partial charge on any atom is -0.404 e. The van der Waals surface area contributed by atoms with Crippen LogP contribution in [0.4, 0.5) is 5.69 Å². The number of aromatic nitrogens is 1. The van der Waals surface area contributed by atoms with Gasteiger partial charge in [0.2, 0.25) is 0 Å². The Morgan fingerprint density at radius 1 is 1.00 bits per heavy atom. The molecule has 1 fully saturated rings. The maximum Gasteiger partial charge on any atom is 0.513 e. The van der Waals surface area contributed by atoms with E-state index < -0.39 is 0 Å². The van der Waals surface area contributed by atoms with Gasteiger partial charge >= 0.3 is 7.12 Å². The lowest BCUT2D eigenvalue weighted by Gasteiger charge is -2.28. The van der Waals surface area contributed by atoms with Crippen molar-refractivity contribution in [2.24, 2.45) is 0 Å². The van der Waals surface area contributed by atoms with Gasteiger partial charge in [0, 0.05) is 44.3 Å². The van der Waals surface area contributed by atoms with Crippen molar-refractivity contribution >= 4 is 18.4 Å². The number of benzene rings is 1. The Bertz CT molecular complexity index is 509. The Kier molecular flexibility index (Phi) is 7.75. The fourth-order valence-electron chi connectivity index (χ4n) is 2.28. The lowest BCUT2D eigenvalue weighted by Crippen LogP contribution is -2.45. The molecule has 128 valence electrons. The van der Waals surface area contributed by atoms with Crippen LogP contribution in [0.1, 0.15) is 13.8 Å². The van der Waals surface area contributed by atoms with E-state index in [4.69, 9.17) is 14.4 Å². The lowest BCUT2D eigenvalue weighted by atomic mass is 9.83. The fourth-order valence-corrected chi connectivity index (χ4v) is 2.28. The van der Waals surface area contributed by atoms with E-state index in [2.05, 4.69) is 22.0 Å². The molecule has 0 aliphatic carbocycles. The van der Waals surface area contributed by atoms with E-state index in [1.54, 1.807) is 20.0 Å². The Morgan fingerprint density at radius 2 is 1.58 bits per heavy atom. The molecule has 2 heterocycles. The Morgan fingerprint density at radius 3 is 2.12 bits per heavy atom. The van der Waals surface area contributed by atoms with Crippen LogP contribution in [0.5, 0.6) is 0 Å². The van der Waals surface area contributed by atoms with E-state index in [9.17, 15) is 0 Å². The van der Waals surface area contributed by atoms with Gasteiger partial charge in [-0.25, -0.2) is 0 Å². The molecular weight excluding hydrogens is 303 g/mol. The van der Waals surface area contributed by atoms with Gasteiger partial charge in [-0.2, -0.15) is 0 Å². The number of para-hydroxylation sites is 1. The molecule has 1 aliphatic rings. The van der Waals surface area contributed by atoms with Crippen molar-refractivity contribution in [3.05, 3.63) is 54.7 Å². The molecule has 1 saturated heterocycles. The minimum atomic E-state index is -0.353. The largest absolute Gasteiger partial charge is 0.513 e. The summed E-state index contributed by atoms with van der Waals surface area (Å²) in [5, 5.41) is 8.06. The van der Waals surface area contributed by atoms with Crippen molar-refractivity contribution < 1.29 is 14.4 Å². The number of hydrogen-bond acceptors (Lipinski definition) is 5. The quantitative estimate of drug-likeness (QED) is 0.851. The third kappa shape index (κ3) is 6.32. The number of aliphatic hydroxyl groups excluding tert-OH is 1. The van der Waals surface area contributed by atoms with Gasteiger partial charge in [-0.15, -0.1) is 0 Å². The highest BCUT2D eigenvalue weighted by atomic mass is 16.6. The molecule has 24 heavy (non-hydrogen) atoms. The van der Waals surface area contributed by atoms with Gasteiger partial charge in [0.1, 0.15) is 0 Å². The van der Waals surface area contributed by atoms with Gasteiger partial charge in [-0.05, 0) is 38.1 Å². The van der Waals surface area contributed by atoms with Gasteiger partial charge in [0.05, 0.1) is 5.59 Å². The molecule has 3 rings (SSSR count). The molecule has 0 saturated carbocycles. The van der Waals surface area contributed by atoms with Crippen LogP contribution in [0.25, 0.3) is 0 Å². The molecule has 1 aromatic heterocycles. The van der Waals surface area contributed by atoms with Crippen molar-refractivity contribution in [2.75, 3.05) is 31.2 Å². The molecule has 0 bridgehead atoms. The highest BCUT2D eigenvalue weighted by Gasteiger charge is 2.25. The average molecular weight is 328 g/mol. The number of anilines is 1. The van der Waals surface area contributed by atoms with Crippen molar-refractivity contribution in [1.82, 2.24) is 4.98 Å². The van der Waals surface area contributed by atoms with Gasteiger partial charge in [-0.1, -0.05) is 24.3 Å². The van der Waals surface area contributed by atoms with E-state index in [-0.39, 0.29) is 13.2 Å². The number of hydrogen-bond donors (Lipinski definition) is 1. The smallest absolute Gasteiger partial charge is 0.404 e. The Labute approximate surface area is 144 Å². The van der Waals surface area contributed by atoms with Crippen LogP contribution in [0.15, 0.2) is 54.7 Å².